The van der Waals surface area contributed by atoms with Gasteiger partial charge in [0.25, 0.3) is 5.65 Å². The van der Waals surface area contributed by atoms with Gasteiger partial charge in [-0.1, -0.05) is 52.0 Å². The Kier molecular flexibility index (Phi) is 6.45. The van der Waals surface area contributed by atoms with Gasteiger partial charge < -0.3 is 0 Å². The summed E-state index contributed by atoms with van der Waals surface area (Å²) in [6.07, 6.45) is 2.20. The molecule has 6 aromatic rings. The Labute approximate surface area is 238 Å². The number of nitrogens with zero attached hydrogens (tertiary/aromatic N) is 3. The minimum absolute atomic E-state index is 0.607. The van der Waals surface area contributed by atoms with E-state index in [4.69, 9.17) is 4.98 Å². The van der Waals surface area contributed by atoms with E-state index in [0.29, 0.717) is 11.8 Å². The fraction of sp³-hybridized carbons (Fsp3) is 0.351. The maximum Gasteiger partial charge on any atom is 0.297 e. The third-order valence-corrected chi connectivity index (χ3v) is 8.52. The Morgan fingerprint density at radius 3 is 2.05 bits per heavy atom. The molecule has 0 aliphatic carbocycles. The van der Waals surface area contributed by atoms with Crippen molar-refractivity contribution in [1.82, 2.24) is 9.38 Å². The van der Waals surface area contributed by atoms with Gasteiger partial charge in [0.05, 0.1) is 18.0 Å². The van der Waals surface area contributed by atoms with Crippen LogP contribution in [-0.2, 0) is 19.9 Å². The molecule has 6 rings (SSSR count). The first-order valence-electron chi connectivity index (χ1n) is 14.8. The summed E-state index contributed by atoms with van der Waals surface area (Å²) in [5.74, 6) is 1.22. The van der Waals surface area contributed by atoms with Gasteiger partial charge in [-0.25, -0.2) is 4.57 Å². The molecule has 3 aromatic heterocycles. The summed E-state index contributed by atoms with van der Waals surface area (Å²) < 4.78 is 4.91. The lowest BCUT2D eigenvalue weighted by atomic mass is 9.92. The number of aromatic nitrogens is 3. The number of aryl methyl sites for hydroxylation is 5. The Balaban J connectivity index is 1.81. The summed E-state index contributed by atoms with van der Waals surface area (Å²) in [7, 11) is 2.23. The lowest BCUT2D eigenvalue weighted by molar-refractivity contribution is -0.617. The number of benzene rings is 3. The SMILES string of the molecule is Cc1cc(C)c2c(n1)c1cc(-c3c(C)cccc3C)ccc1n1c3cc(CC(C)C)c(CC(C)C)cc3[n+](C)c21. The topological polar surface area (TPSA) is 21.2 Å². The second kappa shape index (κ2) is 9.73. The molecule has 0 amide bonds. The quantitative estimate of drug-likeness (QED) is 0.162. The molecule has 3 heterocycles. The van der Waals surface area contributed by atoms with Crippen molar-refractivity contribution in [2.24, 2.45) is 18.9 Å². The van der Waals surface area contributed by atoms with Crippen LogP contribution in [0.5, 0.6) is 0 Å². The molecule has 40 heavy (non-hydrogen) atoms. The Bertz CT molecular complexity index is 1930. The zero-order valence-corrected chi connectivity index (χ0v) is 25.6. The molecular weight excluding hydrogens is 486 g/mol. The van der Waals surface area contributed by atoms with Gasteiger partial charge in [0.15, 0.2) is 11.0 Å². The van der Waals surface area contributed by atoms with Crippen LogP contribution in [-0.4, -0.2) is 9.38 Å². The van der Waals surface area contributed by atoms with E-state index in [1.807, 2.05) is 0 Å². The first-order chi connectivity index (χ1) is 19.0. The molecule has 0 radical (unpaired) electrons. The van der Waals surface area contributed by atoms with E-state index in [-0.39, 0.29) is 0 Å². The van der Waals surface area contributed by atoms with Crippen LogP contribution >= 0.6 is 0 Å². The molecule has 0 spiro atoms. The van der Waals surface area contributed by atoms with Crippen molar-refractivity contribution in [3.8, 4) is 11.1 Å². The summed E-state index contributed by atoms with van der Waals surface area (Å²) in [6, 6.07) is 20.8. The summed E-state index contributed by atoms with van der Waals surface area (Å²) >= 11 is 0. The van der Waals surface area contributed by atoms with Gasteiger partial charge in [-0.2, -0.15) is 4.40 Å². The van der Waals surface area contributed by atoms with Gasteiger partial charge >= 0.3 is 0 Å². The van der Waals surface area contributed by atoms with Crippen molar-refractivity contribution in [2.75, 3.05) is 0 Å². The molecule has 0 N–H and O–H groups in total. The van der Waals surface area contributed by atoms with Crippen LogP contribution in [0.15, 0.2) is 54.6 Å². The van der Waals surface area contributed by atoms with Gasteiger partial charge in [-0.3, -0.25) is 4.98 Å². The summed E-state index contributed by atoms with van der Waals surface area (Å²) in [5.41, 5.74) is 16.6. The lowest BCUT2D eigenvalue weighted by Crippen LogP contribution is -2.28. The number of hydrogen-bond acceptors (Lipinski definition) is 1. The molecule has 0 saturated heterocycles. The van der Waals surface area contributed by atoms with Crippen molar-refractivity contribution in [3.05, 3.63) is 88.1 Å². The van der Waals surface area contributed by atoms with Crippen molar-refractivity contribution in [2.45, 2.75) is 68.2 Å². The van der Waals surface area contributed by atoms with Crippen molar-refractivity contribution in [1.29, 1.82) is 0 Å². The van der Waals surface area contributed by atoms with Crippen molar-refractivity contribution < 1.29 is 4.57 Å². The van der Waals surface area contributed by atoms with Crippen LogP contribution < -0.4 is 4.57 Å². The fourth-order valence-corrected chi connectivity index (χ4v) is 6.93. The summed E-state index contributed by atoms with van der Waals surface area (Å²) in [5, 5.41) is 2.45. The summed E-state index contributed by atoms with van der Waals surface area (Å²) in [4.78, 5) is 5.19. The third kappa shape index (κ3) is 4.18. The average Bonchev–Trinajstić information content (AvgIpc) is 3.14. The molecule has 0 aliphatic heterocycles. The first-order valence-corrected chi connectivity index (χ1v) is 14.8. The average molecular weight is 529 g/mol. The predicted molar refractivity (Wildman–Crippen MR) is 170 cm³/mol. The zero-order chi connectivity index (χ0) is 28.5. The van der Waals surface area contributed by atoms with E-state index in [1.54, 1.807) is 0 Å². The fourth-order valence-electron chi connectivity index (χ4n) is 6.93. The largest absolute Gasteiger partial charge is 0.297 e. The first kappa shape index (κ1) is 26.5. The van der Waals surface area contributed by atoms with E-state index < -0.39 is 0 Å². The van der Waals surface area contributed by atoms with E-state index >= 15 is 0 Å². The highest BCUT2D eigenvalue weighted by atomic mass is 15.1. The molecule has 0 saturated carbocycles. The van der Waals surface area contributed by atoms with E-state index in [9.17, 15) is 0 Å². The molecule has 204 valence electrons. The molecule has 3 nitrogen and oxygen atoms in total. The second-order valence-corrected chi connectivity index (χ2v) is 12.8. The number of imidazole rings is 1. The summed E-state index contributed by atoms with van der Waals surface area (Å²) in [6.45, 7) is 18.1. The highest BCUT2D eigenvalue weighted by molar-refractivity contribution is 6.13. The second-order valence-electron chi connectivity index (χ2n) is 12.8. The maximum atomic E-state index is 5.19. The maximum absolute atomic E-state index is 5.19. The smallest absolute Gasteiger partial charge is 0.252 e. The molecule has 3 heteroatoms. The van der Waals surface area contributed by atoms with E-state index in [0.717, 1.165) is 24.1 Å². The molecule has 0 fully saturated rings. The van der Waals surface area contributed by atoms with Gasteiger partial charge in [-0.15, -0.1) is 0 Å². The van der Waals surface area contributed by atoms with E-state index in [2.05, 4.69) is 126 Å². The van der Waals surface area contributed by atoms with Crippen LogP contribution in [0.1, 0.15) is 61.2 Å². The molecule has 0 unspecified atom stereocenters. The number of rotatable bonds is 5. The van der Waals surface area contributed by atoms with Gasteiger partial charge in [-0.05, 0) is 122 Å². The Morgan fingerprint density at radius 1 is 0.750 bits per heavy atom. The zero-order valence-electron chi connectivity index (χ0n) is 25.6. The van der Waals surface area contributed by atoms with Crippen molar-refractivity contribution >= 4 is 38.5 Å². The predicted octanol–water partition coefficient (Wildman–Crippen LogP) is 8.92. The molecule has 0 aliphatic rings. The lowest BCUT2D eigenvalue weighted by Gasteiger charge is -2.14. The number of hydrogen-bond donors (Lipinski definition) is 0. The molecule has 0 bridgehead atoms. The highest BCUT2D eigenvalue weighted by Crippen LogP contribution is 2.37. The Morgan fingerprint density at radius 2 is 1.40 bits per heavy atom. The van der Waals surface area contributed by atoms with E-state index in [1.165, 1.54) is 71.9 Å². The normalized spacial score (nSPS) is 12.3. The van der Waals surface area contributed by atoms with Crippen LogP contribution in [0.3, 0.4) is 0 Å². The van der Waals surface area contributed by atoms with Gasteiger partial charge in [0.1, 0.15) is 5.52 Å². The molecule has 3 aromatic carbocycles. The van der Waals surface area contributed by atoms with Crippen LogP contribution in [0.4, 0.5) is 0 Å². The highest BCUT2D eigenvalue weighted by Gasteiger charge is 2.27. The number of fused-ring (bicyclic) bond motifs is 8. The third-order valence-electron chi connectivity index (χ3n) is 8.52. The minimum atomic E-state index is 0.607. The number of pyridine rings is 2. The standard InChI is InChI=1S/C37H42N3/c1-21(2)15-28-19-32-33(20-29(28)16-22(3)4)40-31-14-13-27(34-23(5)11-10-12-24(34)6)18-30(31)36-35(37(40)39(32)9)25(7)17-26(8)38-36/h10-14,17-22H,15-16H2,1-9H3/q+1. The van der Waals surface area contributed by atoms with Crippen molar-refractivity contribution in [3.63, 3.8) is 0 Å². The van der Waals surface area contributed by atoms with Gasteiger partial charge in [0.2, 0.25) is 0 Å². The van der Waals surface area contributed by atoms with Crippen LogP contribution in [0.25, 0.3) is 49.6 Å². The molecular formula is C37H42N3+. The van der Waals surface area contributed by atoms with Crippen LogP contribution in [0, 0.1) is 39.5 Å². The monoisotopic (exact) mass is 528 g/mol. The van der Waals surface area contributed by atoms with Gasteiger partial charge in [0, 0.05) is 11.1 Å². The Hall–Kier alpha value is -3.72. The molecule has 0 atom stereocenters. The minimum Gasteiger partial charge on any atom is -0.252 e. The van der Waals surface area contributed by atoms with Crippen LogP contribution in [0.2, 0.25) is 0 Å².